The number of hydrogen-bond acceptors (Lipinski definition) is 3. The van der Waals surface area contributed by atoms with Gasteiger partial charge in [0.2, 0.25) is 5.91 Å². The van der Waals surface area contributed by atoms with Gasteiger partial charge in [0, 0.05) is 13.1 Å². The van der Waals surface area contributed by atoms with Gasteiger partial charge in [0.1, 0.15) is 0 Å². The monoisotopic (exact) mass is 216 g/mol. The molecule has 0 spiro atoms. The Balaban J connectivity index is 2.24. The molecule has 1 saturated heterocycles. The van der Waals surface area contributed by atoms with Crippen molar-refractivity contribution in [3.8, 4) is 0 Å². The van der Waals surface area contributed by atoms with Crippen LogP contribution in [0.1, 0.15) is 12.8 Å². The lowest BCUT2D eigenvalue weighted by molar-refractivity contribution is -0.129. The van der Waals surface area contributed by atoms with E-state index < -0.39 is 0 Å². The summed E-state index contributed by atoms with van der Waals surface area (Å²) < 4.78 is 0. The molecule has 0 aromatic carbocycles. The fourth-order valence-corrected chi connectivity index (χ4v) is 2.32. The van der Waals surface area contributed by atoms with Crippen LogP contribution < -0.4 is 5.32 Å². The van der Waals surface area contributed by atoms with Gasteiger partial charge in [-0.3, -0.25) is 4.79 Å². The lowest BCUT2D eigenvalue weighted by atomic mass is 9.97. The number of amides is 1. The van der Waals surface area contributed by atoms with Crippen LogP contribution in [0.25, 0.3) is 0 Å². The standard InChI is InChI=1S/C10H20N2OS/c1-11-7-9-3-5-12(6-4-9)10(13)8-14-2/h9,11H,3-8H2,1-2H3. The number of rotatable bonds is 4. The van der Waals surface area contributed by atoms with Gasteiger partial charge in [-0.1, -0.05) is 0 Å². The fourth-order valence-electron chi connectivity index (χ4n) is 1.89. The molecule has 0 saturated carbocycles. The van der Waals surface area contributed by atoms with Gasteiger partial charge in [-0.2, -0.15) is 11.8 Å². The van der Waals surface area contributed by atoms with Crippen molar-refractivity contribution in [3.63, 3.8) is 0 Å². The van der Waals surface area contributed by atoms with Crippen molar-refractivity contribution >= 4 is 17.7 Å². The Labute approximate surface area is 90.6 Å². The molecule has 0 aromatic heterocycles. The number of likely N-dealkylation sites (tertiary alicyclic amines) is 1. The van der Waals surface area contributed by atoms with Crippen molar-refractivity contribution in [1.82, 2.24) is 10.2 Å². The van der Waals surface area contributed by atoms with Gasteiger partial charge in [0.05, 0.1) is 5.75 Å². The SMILES string of the molecule is CNCC1CCN(C(=O)CSC)CC1. The van der Waals surface area contributed by atoms with Gasteiger partial charge in [0.15, 0.2) is 0 Å². The van der Waals surface area contributed by atoms with Crippen LogP contribution in [0.5, 0.6) is 0 Å². The van der Waals surface area contributed by atoms with Crippen molar-refractivity contribution in [2.75, 3.05) is 38.7 Å². The van der Waals surface area contributed by atoms with E-state index in [1.807, 2.05) is 18.2 Å². The number of thioether (sulfide) groups is 1. The van der Waals surface area contributed by atoms with Crippen molar-refractivity contribution in [3.05, 3.63) is 0 Å². The second-order valence-electron chi connectivity index (χ2n) is 3.81. The highest BCUT2D eigenvalue weighted by molar-refractivity contribution is 7.99. The molecule has 0 atom stereocenters. The minimum absolute atomic E-state index is 0.306. The fraction of sp³-hybridized carbons (Fsp3) is 0.900. The van der Waals surface area contributed by atoms with Crippen molar-refractivity contribution < 1.29 is 4.79 Å². The van der Waals surface area contributed by atoms with E-state index >= 15 is 0 Å². The third-order valence-electron chi connectivity index (χ3n) is 2.73. The van der Waals surface area contributed by atoms with E-state index in [1.54, 1.807) is 11.8 Å². The molecule has 0 aliphatic carbocycles. The zero-order valence-electron chi connectivity index (χ0n) is 9.08. The molecule has 0 unspecified atom stereocenters. The zero-order valence-corrected chi connectivity index (χ0v) is 9.90. The summed E-state index contributed by atoms with van der Waals surface area (Å²) in [6, 6.07) is 0. The first-order valence-electron chi connectivity index (χ1n) is 5.19. The Morgan fingerprint density at radius 2 is 2.14 bits per heavy atom. The second-order valence-corrected chi connectivity index (χ2v) is 4.68. The van der Waals surface area contributed by atoms with Crippen LogP contribution in [-0.4, -0.2) is 49.5 Å². The maximum Gasteiger partial charge on any atom is 0.232 e. The average Bonchev–Trinajstić information content (AvgIpc) is 2.20. The van der Waals surface area contributed by atoms with E-state index in [0.29, 0.717) is 11.7 Å². The minimum atomic E-state index is 0.306. The van der Waals surface area contributed by atoms with Gasteiger partial charge in [-0.25, -0.2) is 0 Å². The molecule has 14 heavy (non-hydrogen) atoms. The van der Waals surface area contributed by atoms with E-state index in [-0.39, 0.29) is 0 Å². The predicted molar refractivity (Wildman–Crippen MR) is 61.6 cm³/mol. The van der Waals surface area contributed by atoms with E-state index in [4.69, 9.17) is 0 Å². The number of nitrogens with one attached hydrogen (secondary N) is 1. The second kappa shape index (κ2) is 6.30. The van der Waals surface area contributed by atoms with Crippen LogP contribution in [0.2, 0.25) is 0 Å². The Kier molecular flexibility index (Phi) is 5.33. The highest BCUT2D eigenvalue weighted by Crippen LogP contribution is 2.16. The molecule has 1 fully saturated rings. The number of piperidine rings is 1. The minimum Gasteiger partial charge on any atom is -0.342 e. The first kappa shape index (κ1) is 11.9. The molecule has 1 aliphatic heterocycles. The van der Waals surface area contributed by atoms with Gasteiger partial charge < -0.3 is 10.2 Å². The van der Waals surface area contributed by atoms with Crippen LogP contribution in [0, 0.1) is 5.92 Å². The molecule has 0 aromatic rings. The summed E-state index contributed by atoms with van der Waals surface area (Å²) in [5.74, 6) is 1.70. The van der Waals surface area contributed by atoms with E-state index in [2.05, 4.69) is 5.32 Å². The van der Waals surface area contributed by atoms with Crippen LogP contribution >= 0.6 is 11.8 Å². The molecule has 4 heteroatoms. The molecule has 1 amide bonds. The van der Waals surface area contributed by atoms with Gasteiger partial charge in [0.25, 0.3) is 0 Å². The molecular formula is C10H20N2OS. The van der Waals surface area contributed by atoms with Crippen LogP contribution in [0.4, 0.5) is 0 Å². The molecule has 1 rings (SSSR count). The van der Waals surface area contributed by atoms with Crippen LogP contribution in [0.3, 0.4) is 0 Å². The molecule has 3 nitrogen and oxygen atoms in total. The quantitative estimate of drug-likeness (QED) is 0.755. The maximum absolute atomic E-state index is 11.6. The van der Waals surface area contributed by atoms with Gasteiger partial charge in [-0.15, -0.1) is 0 Å². The molecule has 1 aliphatic rings. The number of hydrogen-bond donors (Lipinski definition) is 1. The summed E-state index contributed by atoms with van der Waals surface area (Å²) in [4.78, 5) is 13.6. The third-order valence-corrected chi connectivity index (χ3v) is 3.26. The topological polar surface area (TPSA) is 32.3 Å². The van der Waals surface area contributed by atoms with Crippen molar-refractivity contribution in [2.24, 2.45) is 5.92 Å². The summed E-state index contributed by atoms with van der Waals surface area (Å²) in [5, 5.41) is 3.20. The van der Waals surface area contributed by atoms with Crippen LogP contribution in [0.15, 0.2) is 0 Å². The molecule has 0 bridgehead atoms. The largest absolute Gasteiger partial charge is 0.342 e. The van der Waals surface area contributed by atoms with Crippen molar-refractivity contribution in [1.29, 1.82) is 0 Å². The van der Waals surface area contributed by atoms with E-state index in [9.17, 15) is 4.79 Å². The van der Waals surface area contributed by atoms with E-state index in [1.165, 1.54) is 0 Å². The first-order chi connectivity index (χ1) is 6.77. The number of carbonyl (C=O) groups is 1. The molecule has 1 N–H and O–H groups in total. The predicted octanol–water partition coefficient (Wildman–Crippen LogP) is 0.807. The lowest BCUT2D eigenvalue weighted by Crippen LogP contribution is -2.41. The smallest absolute Gasteiger partial charge is 0.232 e. The van der Waals surface area contributed by atoms with E-state index in [0.717, 1.165) is 38.4 Å². The molecular weight excluding hydrogens is 196 g/mol. The number of carbonyl (C=O) groups excluding carboxylic acids is 1. The Morgan fingerprint density at radius 3 is 2.64 bits per heavy atom. The summed E-state index contributed by atoms with van der Waals surface area (Å²) in [5.41, 5.74) is 0. The normalized spacial score (nSPS) is 18.6. The highest BCUT2D eigenvalue weighted by atomic mass is 32.2. The maximum atomic E-state index is 11.6. The molecule has 0 radical (unpaired) electrons. The van der Waals surface area contributed by atoms with Gasteiger partial charge >= 0.3 is 0 Å². The lowest BCUT2D eigenvalue weighted by Gasteiger charge is -2.31. The number of nitrogens with zero attached hydrogens (tertiary/aromatic N) is 1. The summed E-state index contributed by atoms with van der Waals surface area (Å²) in [7, 11) is 1.99. The Morgan fingerprint density at radius 1 is 1.50 bits per heavy atom. The zero-order chi connectivity index (χ0) is 10.4. The first-order valence-corrected chi connectivity index (χ1v) is 6.58. The van der Waals surface area contributed by atoms with Crippen LogP contribution in [-0.2, 0) is 4.79 Å². The summed E-state index contributed by atoms with van der Waals surface area (Å²) in [6.45, 7) is 2.99. The third kappa shape index (κ3) is 3.50. The summed E-state index contributed by atoms with van der Waals surface area (Å²) in [6.07, 6.45) is 4.29. The Bertz CT molecular complexity index is 179. The van der Waals surface area contributed by atoms with Crippen molar-refractivity contribution in [2.45, 2.75) is 12.8 Å². The molecule has 1 heterocycles. The van der Waals surface area contributed by atoms with Gasteiger partial charge in [-0.05, 0) is 38.6 Å². The summed E-state index contributed by atoms with van der Waals surface area (Å²) >= 11 is 1.61. The Hall–Kier alpha value is -0.220. The molecule has 82 valence electrons. The highest BCUT2D eigenvalue weighted by Gasteiger charge is 2.21. The average molecular weight is 216 g/mol.